The van der Waals surface area contributed by atoms with E-state index >= 15 is 0 Å². The summed E-state index contributed by atoms with van der Waals surface area (Å²) in [6, 6.07) is 23.7. The van der Waals surface area contributed by atoms with Crippen molar-refractivity contribution in [2.75, 3.05) is 0 Å². The van der Waals surface area contributed by atoms with Crippen LogP contribution in [0.5, 0.6) is 0 Å². The van der Waals surface area contributed by atoms with E-state index in [1.807, 2.05) is 30.7 Å². The summed E-state index contributed by atoms with van der Waals surface area (Å²) < 4.78 is 2.20. The fraction of sp³-hybridized carbons (Fsp3) is 0.0645. The number of aromatic nitrogens is 5. The first-order valence-corrected chi connectivity index (χ1v) is 12.1. The van der Waals surface area contributed by atoms with Crippen molar-refractivity contribution in [2.24, 2.45) is 0 Å². The summed E-state index contributed by atoms with van der Waals surface area (Å²) in [5, 5.41) is 5.70. The van der Waals surface area contributed by atoms with E-state index in [0.717, 1.165) is 49.5 Å². The standard InChI is InChI=1S/C31H21N5/c1-17-6-3-4-7-19(17)23-15-25-24(14-18(23)2)20-9-10-22-28(29(20)34-25)21-8-5-12-33-30(21)36-27-11-13-32-16-26(27)35-31(22)36/h3-16,35H,1-2H3. The van der Waals surface area contributed by atoms with E-state index in [2.05, 4.69) is 82.8 Å². The van der Waals surface area contributed by atoms with Crippen LogP contribution in [0.4, 0.5) is 0 Å². The van der Waals surface area contributed by atoms with Crippen LogP contribution in [0.15, 0.2) is 85.3 Å². The van der Waals surface area contributed by atoms with Gasteiger partial charge in [0.05, 0.1) is 28.3 Å². The van der Waals surface area contributed by atoms with Gasteiger partial charge in [0, 0.05) is 39.3 Å². The summed E-state index contributed by atoms with van der Waals surface area (Å²) in [4.78, 5) is 18.0. The molecule has 5 nitrogen and oxygen atoms in total. The van der Waals surface area contributed by atoms with E-state index in [1.54, 1.807) is 0 Å². The first kappa shape index (κ1) is 19.5. The normalized spacial score (nSPS) is 12.2. The number of aromatic amines is 1. The number of H-pyrrole nitrogens is 1. The van der Waals surface area contributed by atoms with E-state index in [9.17, 15) is 0 Å². The van der Waals surface area contributed by atoms with Gasteiger partial charge in [0.1, 0.15) is 11.3 Å². The van der Waals surface area contributed by atoms with Gasteiger partial charge >= 0.3 is 0 Å². The second-order valence-corrected chi connectivity index (χ2v) is 9.57. The number of pyridine rings is 3. The van der Waals surface area contributed by atoms with Crippen LogP contribution in [0, 0.1) is 13.8 Å². The third-order valence-electron chi connectivity index (χ3n) is 7.52. The van der Waals surface area contributed by atoms with Crippen LogP contribution >= 0.6 is 0 Å². The number of fused-ring (bicyclic) bond motifs is 12. The summed E-state index contributed by atoms with van der Waals surface area (Å²) in [6.45, 7) is 4.36. The third-order valence-corrected chi connectivity index (χ3v) is 7.52. The first-order chi connectivity index (χ1) is 17.7. The van der Waals surface area contributed by atoms with Gasteiger partial charge in [-0.15, -0.1) is 0 Å². The summed E-state index contributed by atoms with van der Waals surface area (Å²) in [5.74, 6) is 0. The Labute approximate surface area is 206 Å². The number of imidazole rings is 1. The molecule has 0 atom stereocenters. The van der Waals surface area contributed by atoms with E-state index in [0.29, 0.717) is 0 Å². The fourth-order valence-electron chi connectivity index (χ4n) is 5.85. The highest BCUT2D eigenvalue weighted by molar-refractivity contribution is 6.26. The quantitative estimate of drug-likeness (QED) is 0.256. The van der Waals surface area contributed by atoms with Crippen LogP contribution in [0.1, 0.15) is 11.1 Å². The van der Waals surface area contributed by atoms with Crippen molar-refractivity contribution in [1.82, 2.24) is 24.3 Å². The average molecular weight is 464 g/mol. The van der Waals surface area contributed by atoms with Gasteiger partial charge in [-0.1, -0.05) is 30.3 Å². The molecule has 0 radical (unpaired) electrons. The molecule has 8 rings (SSSR count). The monoisotopic (exact) mass is 463 g/mol. The van der Waals surface area contributed by atoms with E-state index in [1.165, 1.54) is 33.0 Å². The van der Waals surface area contributed by atoms with Gasteiger partial charge in [-0.2, -0.15) is 0 Å². The third kappa shape index (κ3) is 2.46. The number of hydrogen-bond acceptors (Lipinski definition) is 3. The van der Waals surface area contributed by atoms with Crippen molar-refractivity contribution in [3.63, 3.8) is 0 Å². The number of nitrogens with one attached hydrogen (secondary N) is 1. The van der Waals surface area contributed by atoms with Gasteiger partial charge in [-0.25, -0.2) is 9.97 Å². The lowest BCUT2D eigenvalue weighted by Gasteiger charge is -2.10. The highest BCUT2D eigenvalue weighted by Crippen LogP contribution is 2.40. The Kier molecular flexibility index (Phi) is 3.74. The summed E-state index contributed by atoms with van der Waals surface area (Å²) in [7, 11) is 0. The maximum atomic E-state index is 5.25. The van der Waals surface area contributed by atoms with E-state index in [-0.39, 0.29) is 0 Å². The fourth-order valence-corrected chi connectivity index (χ4v) is 5.85. The van der Waals surface area contributed by atoms with Gasteiger partial charge in [0.15, 0.2) is 0 Å². The van der Waals surface area contributed by atoms with Crippen molar-refractivity contribution in [3.05, 3.63) is 96.4 Å². The predicted octanol–water partition coefficient (Wildman–Crippen LogP) is 7.50. The molecule has 0 fully saturated rings. The van der Waals surface area contributed by atoms with Gasteiger partial charge in [0.2, 0.25) is 0 Å². The Morgan fingerprint density at radius 1 is 0.750 bits per heavy atom. The van der Waals surface area contributed by atoms with Gasteiger partial charge in [-0.05, 0) is 72.5 Å². The first-order valence-electron chi connectivity index (χ1n) is 12.1. The zero-order valence-corrected chi connectivity index (χ0v) is 19.9. The SMILES string of the molecule is Cc1ccccc1-c1cc2nc3c(ccc4c3c3cccnc3n3c5ccncc5[nH]c43)c2cc1C. The number of aryl methyl sites for hydroxylation is 2. The number of benzene rings is 3. The lowest BCUT2D eigenvalue weighted by Crippen LogP contribution is -1.94. The minimum Gasteiger partial charge on any atom is -0.338 e. The highest BCUT2D eigenvalue weighted by Gasteiger charge is 2.19. The van der Waals surface area contributed by atoms with Crippen LogP contribution in [0.3, 0.4) is 0 Å². The lowest BCUT2D eigenvalue weighted by molar-refractivity contribution is 1.23. The maximum absolute atomic E-state index is 5.25. The van der Waals surface area contributed by atoms with E-state index in [4.69, 9.17) is 9.97 Å². The number of nitrogens with zero attached hydrogens (tertiary/aromatic N) is 4. The molecule has 1 N–H and O–H groups in total. The molecular weight excluding hydrogens is 442 g/mol. The van der Waals surface area contributed by atoms with Crippen LogP contribution < -0.4 is 0 Å². The van der Waals surface area contributed by atoms with Gasteiger partial charge < -0.3 is 4.98 Å². The van der Waals surface area contributed by atoms with Crippen molar-refractivity contribution < 1.29 is 0 Å². The lowest BCUT2D eigenvalue weighted by atomic mass is 9.95. The van der Waals surface area contributed by atoms with E-state index < -0.39 is 0 Å². The molecule has 0 bridgehead atoms. The van der Waals surface area contributed by atoms with Crippen molar-refractivity contribution in [3.8, 4) is 11.1 Å². The molecule has 0 aliphatic rings. The minimum absolute atomic E-state index is 0.911. The Morgan fingerprint density at radius 2 is 1.64 bits per heavy atom. The molecule has 0 aliphatic heterocycles. The second-order valence-electron chi connectivity index (χ2n) is 9.57. The molecule has 0 spiro atoms. The maximum Gasteiger partial charge on any atom is 0.146 e. The molecule has 0 saturated carbocycles. The van der Waals surface area contributed by atoms with Gasteiger partial charge in [-0.3, -0.25) is 9.38 Å². The number of hydrogen-bond donors (Lipinski definition) is 1. The molecule has 3 aromatic carbocycles. The number of rotatable bonds is 1. The largest absolute Gasteiger partial charge is 0.338 e. The Balaban J connectivity index is 1.55. The Hall–Kier alpha value is -4.77. The van der Waals surface area contributed by atoms with Crippen molar-refractivity contribution in [1.29, 1.82) is 0 Å². The molecule has 8 aromatic rings. The molecule has 0 saturated heterocycles. The summed E-state index contributed by atoms with van der Waals surface area (Å²) in [6.07, 6.45) is 5.55. The minimum atomic E-state index is 0.911. The molecule has 0 amide bonds. The van der Waals surface area contributed by atoms with Crippen LogP contribution in [0.25, 0.3) is 71.4 Å². The molecule has 0 aliphatic carbocycles. The van der Waals surface area contributed by atoms with Crippen molar-refractivity contribution >= 4 is 60.3 Å². The molecular formula is C31H21N5. The molecule has 5 heterocycles. The molecule has 170 valence electrons. The molecule has 5 heteroatoms. The van der Waals surface area contributed by atoms with Crippen LogP contribution in [-0.2, 0) is 0 Å². The molecule has 0 unspecified atom stereocenters. The highest BCUT2D eigenvalue weighted by atomic mass is 15.1. The topological polar surface area (TPSA) is 58.9 Å². The average Bonchev–Trinajstić information content (AvgIpc) is 3.47. The zero-order chi connectivity index (χ0) is 24.0. The smallest absolute Gasteiger partial charge is 0.146 e. The summed E-state index contributed by atoms with van der Waals surface area (Å²) >= 11 is 0. The molecule has 36 heavy (non-hydrogen) atoms. The van der Waals surface area contributed by atoms with Crippen molar-refractivity contribution in [2.45, 2.75) is 13.8 Å². The summed E-state index contributed by atoms with van der Waals surface area (Å²) in [5.41, 5.74) is 11.0. The van der Waals surface area contributed by atoms with Crippen LogP contribution in [-0.4, -0.2) is 24.3 Å². The Morgan fingerprint density at radius 3 is 2.56 bits per heavy atom. The second kappa shape index (κ2) is 6.89. The van der Waals surface area contributed by atoms with Gasteiger partial charge in [0.25, 0.3) is 0 Å². The zero-order valence-electron chi connectivity index (χ0n) is 19.9. The Bertz CT molecular complexity index is 2180. The van der Waals surface area contributed by atoms with Crippen LogP contribution in [0.2, 0.25) is 0 Å². The predicted molar refractivity (Wildman–Crippen MR) is 148 cm³/mol. The molecule has 5 aromatic heterocycles.